The number of hydrogen-bond acceptors (Lipinski definition) is 5. The molecule has 0 atom stereocenters. The van der Waals surface area contributed by atoms with Crippen molar-refractivity contribution in [2.24, 2.45) is 0 Å². The van der Waals surface area contributed by atoms with Gasteiger partial charge < -0.3 is 14.8 Å². The van der Waals surface area contributed by atoms with E-state index >= 15 is 0 Å². The van der Waals surface area contributed by atoms with Gasteiger partial charge in [0.15, 0.2) is 5.11 Å². The average Bonchev–Trinajstić information content (AvgIpc) is 2.68. The second kappa shape index (κ2) is 10.8. The molecule has 0 bridgehead atoms. The fourth-order valence-electron chi connectivity index (χ4n) is 2.23. The number of carbonyl (C=O) groups excluding carboxylic acids is 2. The Morgan fingerprint density at radius 1 is 1.00 bits per heavy atom. The molecule has 1 amide bonds. The van der Waals surface area contributed by atoms with E-state index in [1.54, 1.807) is 37.3 Å². The number of esters is 1. The lowest BCUT2D eigenvalue weighted by molar-refractivity contribution is -0.115. The van der Waals surface area contributed by atoms with Gasteiger partial charge in [0.25, 0.3) is 0 Å². The molecule has 0 aliphatic carbocycles. The third-order valence-corrected chi connectivity index (χ3v) is 3.71. The number of hydrogen-bond donors (Lipinski definition) is 2. The molecule has 0 unspecified atom stereocenters. The predicted molar refractivity (Wildman–Crippen MR) is 113 cm³/mol. The first-order chi connectivity index (χ1) is 13.5. The fraction of sp³-hybridized carbons (Fsp3) is 0.190. The maximum absolute atomic E-state index is 12.0. The normalized spacial score (nSPS) is 10.4. The third kappa shape index (κ3) is 6.85. The summed E-state index contributed by atoms with van der Waals surface area (Å²) in [7, 11) is 0. The van der Waals surface area contributed by atoms with Crippen molar-refractivity contribution < 1.29 is 19.1 Å². The van der Waals surface area contributed by atoms with Gasteiger partial charge >= 0.3 is 5.97 Å². The van der Waals surface area contributed by atoms with Crippen molar-refractivity contribution in [3.63, 3.8) is 0 Å². The molecule has 0 radical (unpaired) electrons. The number of rotatable bonds is 7. The van der Waals surface area contributed by atoms with Crippen molar-refractivity contribution in [2.45, 2.75) is 13.8 Å². The lowest BCUT2D eigenvalue weighted by atomic mass is 10.2. The smallest absolute Gasteiger partial charge is 0.338 e. The summed E-state index contributed by atoms with van der Waals surface area (Å²) in [6, 6.07) is 14.0. The molecule has 7 heteroatoms. The molecule has 0 aliphatic rings. The molecule has 0 aliphatic heterocycles. The molecule has 28 heavy (non-hydrogen) atoms. The highest BCUT2D eigenvalue weighted by molar-refractivity contribution is 7.80. The van der Waals surface area contributed by atoms with Crippen LogP contribution < -0.4 is 15.4 Å². The molecule has 6 nitrogen and oxygen atoms in total. The first-order valence-electron chi connectivity index (χ1n) is 8.82. The van der Waals surface area contributed by atoms with Crippen LogP contribution in [0.15, 0.2) is 54.6 Å². The van der Waals surface area contributed by atoms with Crippen LogP contribution in [0.4, 0.5) is 5.69 Å². The minimum atomic E-state index is -0.385. The maximum Gasteiger partial charge on any atom is 0.338 e. The monoisotopic (exact) mass is 398 g/mol. The first kappa shape index (κ1) is 21.1. The van der Waals surface area contributed by atoms with Gasteiger partial charge in [-0.2, -0.15) is 0 Å². The Labute approximate surface area is 169 Å². The molecule has 2 rings (SSSR count). The van der Waals surface area contributed by atoms with Gasteiger partial charge in [0.05, 0.1) is 18.8 Å². The van der Waals surface area contributed by atoms with Crippen LogP contribution in [0.25, 0.3) is 6.08 Å². The van der Waals surface area contributed by atoms with E-state index in [-0.39, 0.29) is 17.0 Å². The Morgan fingerprint density at radius 2 is 1.68 bits per heavy atom. The zero-order valence-corrected chi connectivity index (χ0v) is 16.5. The second-order valence-corrected chi connectivity index (χ2v) is 5.98. The minimum absolute atomic E-state index is 0.158. The molecule has 0 spiro atoms. The highest BCUT2D eigenvalue weighted by atomic mass is 32.1. The lowest BCUT2D eigenvalue weighted by Crippen LogP contribution is -2.32. The van der Waals surface area contributed by atoms with Gasteiger partial charge in [-0.1, -0.05) is 12.1 Å². The van der Waals surface area contributed by atoms with Crippen LogP contribution in [0.5, 0.6) is 5.75 Å². The number of ether oxygens (including phenoxy) is 2. The SMILES string of the molecule is CCOC(=O)c1ccc(NC(=S)NC(=O)/C=C/c2ccc(OCC)cc2)cc1. The Morgan fingerprint density at radius 3 is 2.29 bits per heavy atom. The number of thiocarbonyl (C=S) groups is 1. The highest BCUT2D eigenvalue weighted by Crippen LogP contribution is 2.13. The molecule has 2 aromatic rings. The van der Waals surface area contributed by atoms with E-state index in [4.69, 9.17) is 21.7 Å². The maximum atomic E-state index is 12.0. The summed E-state index contributed by atoms with van der Waals surface area (Å²) in [4.78, 5) is 23.6. The predicted octanol–water partition coefficient (Wildman–Crippen LogP) is 3.79. The van der Waals surface area contributed by atoms with Gasteiger partial charge in [0.2, 0.25) is 5.91 Å². The third-order valence-electron chi connectivity index (χ3n) is 3.51. The molecular weight excluding hydrogens is 376 g/mol. The van der Waals surface area contributed by atoms with Gasteiger partial charge in [0, 0.05) is 11.8 Å². The van der Waals surface area contributed by atoms with Crippen LogP contribution in [0, 0.1) is 0 Å². The standard InChI is InChI=1S/C21H22N2O4S/c1-3-26-18-12-5-15(6-13-18)7-14-19(24)23-21(28)22-17-10-8-16(9-11-17)20(25)27-4-2/h5-14H,3-4H2,1-2H3,(H2,22,23,24,28)/b14-7+. The summed E-state index contributed by atoms with van der Waals surface area (Å²) in [5.41, 5.74) is 1.96. The summed E-state index contributed by atoms with van der Waals surface area (Å²) in [6.07, 6.45) is 3.08. The van der Waals surface area contributed by atoms with Crippen molar-refractivity contribution in [3.8, 4) is 5.75 Å². The summed E-state index contributed by atoms with van der Waals surface area (Å²) < 4.78 is 10.3. The fourth-order valence-corrected chi connectivity index (χ4v) is 2.45. The van der Waals surface area contributed by atoms with E-state index in [2.05, 4.69) is 10.6 Å². The second-order valence-electron chi connectivity index (χ2n) is 5.58. The Hall–Kier alpha value is -3.19. The summed E-state index contributed by atoms with van der Waals surface area (Å²) in [5.74, 6) is 0.0438. The van der Waals surface area contributed by atoms with E-state index in [1.807, 2.05) is 31.2 Å². The Kier molecular flexibility index (Phi) is 8.17. The first-order valence-corrected chi connectivity index (χ1v) is 9.22. The van der Waals surface area contributed by atoms with Crippen LogP contribution in [0.1, 0.15) is 29.8 Å². The van der Waals surface area contributed by atoms with Crippen LogP contribution in [-0.4, -0.2) is 30.2 Å². The van der Waals surface area contributed by atoms with Gasteiger partial charge in [0.1, 0.15) is 5.75 Å². The number of anilines is 1. The summed E-state index contributed by atoms with van der Waals surface area (Å²) in [5, 5.41) is 5.61. The van der Waals surface area contributed by atoms with Crippen LogP contribution in [0.3, 0.4) is 0 Å². The van der Waals surface area contributed by atoms with E-state index in [1.165, 1.54) is 6.08 Å². The molecule has 0 saturated heterocycles. The Bertz CT molecular complexity index is 846. The summed E-state index contributed by atoms with van der Waals surface area (Å²) >= 11 is 5.13. The molecule has 146 valence electrons. The largest absolute Gasteiger partial charge is 0.494 e. The molecule has 2 N–H and O–H groups in total. The molecule has 0 saturated carbocycles. The van der Waals surface area contributed by atoms with Crippen molar-refractivity contribution in [1.29, 1.82) is 0 Å². The van der Waals surface area contributed by atoms with Crippen LogP contribution in [0.2, 0.25) is 0 Å². The topological polar surface area (TPSA) is 76.7 Å². The minimum Gasteiger partial charge on any atom is -0.494 e. The van der Waals surface area contributed by atoms with Gasteiger partial charge in [-0.15, -0.1) is 0 Å². The molecule has 0 aromatic heterocycles. The molecular formula is C21H22N2O4S. The summed E-state index contributed by atoms with van der Waals surface area (Å²) in [6.45, 7) is 4.59. The van der Waals surface area contributed by atoms with Crippen molar-refractivity contribution in [1.82, 2.24) is 5.32 Å². The average molecular weight is 398 g/mol. The van der Waals surface area contributed by atoms with E-state index in [0.29, 0.717) is 24.5 Å². The zero-order valence-electron chi connectivity index (χ0n) is 15.7. The van der Waals surface area contributed by atoms with Crippen LogP contribution in [-0.2, 0) is 9.53 Å². The number of amides is 1. The molecule has 0 heterocycles. The van der Waals surface area contributed by atoms with Crippen molar-refractivity contribution in [3.05, 3.63) is 65.7 Å². The highest BCUT2D eigenvalue weighted by Gasteiger charge is 2.06. The van der Waals surface area contributed by atoms with Gasteiger partial charge in [-0.3, -0.25) is 10.1 Å². The van der Waals surface area contributed by atoms with Crippen molar-refractivity contribution in [2.75, 3.05) is 18.5 Å². The van der Waals surface area contributed by atoms with E-state index < -0.39 is 0 Å². The lowest BCUT2D eigenvalue weighted by Gasteiger charge is -2.09. The number of nitrogens with one attached hydrogen (secondary N) is 2. The van der Waals surface area contributed by atoms with E-state index in [9.17, 15) is 9.59 Å². The number of carbonyl (C=O) groups is 2. The van der Waals surface area contributed by atoms with Crippen LogP contribution >= 0.6 is 12.2 Å². The van der Waals surface area contributed by atoms with Crippen molar-refractivity contribution >= 4 is 41.0 Å². The molecule has 2 aromatic carbocycles. The quantitative estimate of drug-likeness (QED) is 0.420. The molecule has 0 fully saturated rings. The number of benzene rings is 2. The zero-order chi connectivity index (χ0) is 20.4. The van der Waals surface area contributed by atoms with Gasteiger partial charge in [-0.25, -0.2) is 4.79 Å². The Balaban J connectivity index is 1.84. The van der Waals surface area contributed by atoms with E-state index in [0.717, 1.165) is 11.3 Å². The van der Waals surface area contributed by atoms with Gasteiger partial charge in [-0.05, 0) is 74.1 Å².